The van der Waals surface area contributed by atoms with Crippen molar-refractivity contribution < 1.29 is 9.22 Å². The Labute approximate surface area is 148 Å². The minimum Gasteiger partial charge on any atom is -0.414 e. The second-order valence-electron chi connectivity index (χ2n) is 10.1. The first-order valence-corrected chi connectivity index (χ1v) is 13.6. The molecule has 0 bridgehead atoms. The first-order valence-electron chi connectivity index (χ1n) is 10.2. The van der Waals surface area contributed by atoms with E-state index in [9.17, 15) is 4.79 Å². The van der Waals surface area contributed by atoms with Gasteiger partial charge in [0.25, 0.3) is 0 Å². The lowest BCUT2D eigenvalue weighted by Gasteiger charge is -2.52. The van der Waals surface area contributed by atoms with E-state index < -0.39 is 8.32 Å². The molecular weight excluding hydrogens is 312 g/mol. The first-order chi connectivity index (χ1) is 11.3. The fourth-order valence-corrected chi connectivity index (χ4v) is 7.86. The van der Waals surface area contributed by atoms with Crippen molar-refractivity contribution in [3.05, 3.63) is 11.1 Å². The van der Waals surface area contributed by atoms with Gasteiger partial charge in [-0.15, -0.1) is 0 Å². The van der Waals surface area contributed by atoms with E-state index in [0.717, 1.165) is 37.0 Å². The number of hydrogen-bond donors (Lipinski definition) is 0. The van der Waals surface area contributed by atoms with E-state index in [2.05, 4.69) is 26.6 Å². The Morgan fingerprint density at radius 1 is 1.04 bits per heavy atom. The van der Waals surface area contributed by atoms with Crippen molar-refractivity contribution in [2.24, 2.45) is 23.2 Å². The van der Waals surface area contributed by atoms with Crippen molar-refractivity contribution in [1.82, 2.24) is 0 Å². The summed E-state index contributed by atoms with van der Waals surface area (Å²) >= 11 is 0. The van der Waals surface area contributed by atoms with Gasteiger partial charge in [0.2, 0.25) is 0 Å². The van der Waals surface area contributed by atoms with Gasteiger partial charge in [0.05, 0.1) is 6.10 Å². The van der Waals surface area contributed by atoms with Crippen LogP contribution in [0.15, 0.2) is 11.1 Å². The van der Waals surface area contributed by atoms with Crippen molar-refractivity contribution in [3.63, 3.8) is 0 Å². The molecule has 0 saturated heterocycles. The number of Topliss-reactive ketones (excluding diaryl/α,β-unsaturated/α-hetero) is 1. The number of ketones is 1. The number of fused-ring (bicyclic) bond motifs is 4. The second-order valence-corrected chi connectivity index (χ2v) is 14.6. The van der Waals surface area contributed by atoms with Crippen LogP contribution in [0.2, 0.25) is 19.6 Å². The highest BCUT2D eigenvalue weighted by molar-refractivity contribution is 6.69. The zero-order valence-corrected chi connectivity index (χ0v) is 17.0. The fraction of sp³-hybridized carbons (Fsp3) is 0.857. The van der Waals surface area contributed by atoms with Crippen molar-refractivity contribution in [2.75, 3.05) is 0 Å². The second kappa shape index (κ2) is 5.80. The zero-order chi connectivity index (χ0) is 17.1. The zero-order valence-electron chi connectivity index (χ0n) is 16.0. The van der Waals surface area contributed by atoms with E-state index in [1.807, 2.05) is 0 Å². The molecule has 0 aliphatic heterocycles. The molecule has 0 spiro atoms. The lowest BCUT2D eigenvalue weighted by molar-refractivity contribution is -0.119. The van der Waals surface area contributed by atoms with E-state index in [1.165, 1.54) is 38.5 Å². The molecule has 0 aromatic rings. The fourth-order valence-electron chi connectivity index (χ4n) is 6.62. The topological polar surface area (TPSA) is 26.3 Å². The average molecular weight is 347 g/mol. The molecule has 5 atom stereocenters. The van der Waals surface area contributed by atoms with E-state index in [1.54, 1.807) is 11.1 Å². The molecule has 0 N–H and O–H groups in total. The molecule has 2 fully saturated rings. The summed E-state index contributed by atoms with van der Waals surface area (Å²) in [6.07, 6.45) is 11.0. The predicted molar refractivity (Wildman–Crippen MR) is 100 cm³/mol. The van der Waals surface area contributed by atoms with E-state index in [-0.39, 0.29) is 0 Å². The summed E-state index contributed by atoms with van der Waals surface area (Å²) in [6.45, 7) is 9.56. The van der Waals surface area contributed by atoms with Gasteiger partial charge in [0.1, 0.15) is 5.78 Å². The molecule has 0 heterocycles. The van der Waals surface area contributed by atoms with Gasteiger partial charge in [-0.3, -0.25) is 4.79 Å². The van der Waals surface area contributed by atoms with E-state index in [4.69, 9.17) is 4.43 Å². The van der Waals surface area contributed by atoms with Crippen LogP contribution in [0, 0.1) is 23.2 Å². The Balaban J connectivity index is 1.57. The molecule has 3 heteroatoms. The van der Waals surface area contributed by atoms with Gasteiger partial charge in [-0.05, 0) is 87.8 Å². The van der Waals surface area contributed by atoms with Crippen molar-refractivity contribution in [3.8, 4) is 0 Å². The van der Waals surface area contributed by atoms with Gasteiger partial charge in [0.15, 0.2) is 8.32 Å². The summed E-state index contributed by atoms with van der Waals surface area (Å²) in [7, 11) is -1.47. The summed E-state index contributed by atoms with van der Waals surface area (Å²) in [5.74, 6) is 3.00. The highest BCUT2D eigenvalue weighted by Crippen LogP contribution is 2.61. The maximum absolute atomic E-state index is 11.8. The lowest BCUT2D eigenvalue weighted by Crippen LogP contribution is -2.48. The van der Waals surface area contributed by atoms with Crippen LogP contribution in [0.25, 0.3) is 0 Å². The van der Waals surface area contributed by atoms with Gasteiger partial charge in [-0.2, -0.15) is 0 Å². The smallest absolute Gasteiger partial charge is 0.184 e. The molecule has 0 radical (unpaired) electrons. The van der Waals surface area contributed by atoms with Gasteiger partial charge < -0.3 is 4.43 Å². The molecule has 2 nitrogen and oxygen atoms in total. The normalized spacial score (nSPS) is 42.6. The van der Waals surface area contributed by atoms with Crippen molar-refractivity contribution in [2.45, 2.75) is 90.5 Å². The van der Waals surface area contributed by atoms with Crippen LogP contribution in [0.5, 0.6) is 0 Å². The quantitative estimate of drug-likeness (QED) is 0.488. The molecule has 0 aromatic heterocycles. The largest absolute Gasteiger partial charge is 0.414 e. The van der Waals surface area contributed by atoms with Crippen LogP contribution in [0.1, 0.15) is 64.7 Å². The number of carbonyl (C=O) groups is 1. The number of rotatable bonds is 2. The lowest BCUT2D eigenvalue weighted by atomic mass is 9.54. The number of carbonyl (C=O) groups excluding carboxylic acids is 1. The molecule has 24 heavy (non-hydrogen) atoms. The van der Waals surface area contributed by atoms with Crippen LogP contribution in [0.3, 0.4) is 0 Å². The monoisotopic (exact) mass is 346 g/mol. The highest BCUT2D eigenvalue weighted by Gasteiger charge is 2.56. The minimum atomic E-state index is -1.47. The SMILES string of the molecule is CC12CCC3C4=C(CCC3C1CCC2O[Si](C)(C)C)CC(=O)CC4. The van der Waals surface area contributed by atoms with Gasteiger partial charge in [0, 0.05) is 12.8 Å². The van der Waals surface area contributed by atoms with Crippen LogP contribution >= 0.6 is 0 Å². The highest BCUT2D eigenvalue weighted by atomic mass is 28.4. The van der Waals surface area contributed by atoms with Crippen LogP contribution in [-0.4, -0.2) is 20.2 Å². The third-order valence-electron chi connectivity index (χ3n) is 7.61. The number of hydrogen-bond acceptors (Lipinski definition) is 2. The molecule has 134 valence electrons. The maximum atomic E-state index is 11.8. The van der Waals surface area contributed by atoms with Gasteiger partial charge >= 0.3 is 0 Å². The summed E-state index contributed by atoms with van der Waals surface area (Å²) < 4.78 is 6.65. The molecular formula is C21H34O2Si. The molecule has 4 rings (SSSR count). The van der Waals surface area contributed by atoms with E-state index in [0.29, 0.717) is 17.3 Å². The predicted octanol–water partition coefficient (Wildman–Crippen LogP) is 5.49. The summed E-state index contributed by atoms with van der Waals surface area (Å²) in [4.78, 5) is 11.8. The Morgan fingerprint density at radius 3 is 2.58 bits per heavy atom. The third-order valence-corrected chi connectivity index (χ3v) is 8.60. The minimum absolute atomic E-state index is 0.407. The molecule has 4 aliphatic carbocycles. The average Bonchev–Trinajstić information content (AvgIpc) is 2.82. The molecule has 0 amide bonds. The third kappa shape index (κ3) is 2.76. The maximum Gasteiger partial charge on any atom is 0.184 e. The van der Waals surface area contributed by atoms with Crippen LogP contribution in [-0.2, 0) is 9.22 Å². The summed E-state index contributed by atoms with van der Waals surface area (Å²) in [5, 5.41) is 0. The van der Waals surface area contributed by atoms with Crippen molar-refractivity contribution in [1.29, 1.82) is 0 Å². The van der Waals surface area contributed by atoms with E-state index >= 15 is 0 Å². The van der Waals surface area contributed by atoms with Crippen molar-refractivity contribution >= 4 is 14.1 Å². The Hall–Kier alpha value is -0.413. The molecule has 2 saturated carbocycles. The summed E-state index contributed by atoms with van der Waals surface area (Å²) in [6, 6.07) is 0. The van der Waals surface area contributed by atoms with Gasteiger partial charge in [-0.25, -0.2) is 0 Å². The van der Waals surface area contributed by atoms with Gasteiger partial charge in [-0.1, -0.05) is 18.1 Å². The Kier molecular flexibility index (Phi) is 4.12. The van der Waals surface area contributed by atoms with Crippen LogP contribution < -0.4 is 0 Å². The Morgan fingerprint density at radius 2 is 1.83 bits per heavy atom. The Bertz CT molecular complexity index is 573. The summed E-state index contributed by atoms with van der Waals surface area (Å²) in [5.41, 5.74) is 3.68. The standard InChI is InChI=1S/C21H34O2Si/c1-21-12-11-17-16-8-6-15(22)13-14(16)5-7-18(17)19(21)9-10-20(21)23-24(2,3)4/h17-20H,5-13H2,1-4H3. The number of allylic oxidation sites excluding steroid dienone is 2. The molecule has 4 aliphatic rings. The molecule has 5 unspecified atom stereocenters. The van der Waals surface area contributed by atoms with Crippen LogP contribution in [0.4, 0.5) is 0 Å². The first kappa shape index (κ1) is 17.0. The molecule has 0 aromatic carbocycles.